The van der Waals surface area contributed by atoms with Gasteiger partial charge in [-0.25, -0.2) is 0 Å². The molecule has 1 aliphatic rings. The van der Waals surface area contributed by atoms with E-state index in [-0.39, 0.29) is 5.54 Å². The van der Waals surface area contributed by atoms with Gasteiger partial charge in [-0.3, -0.25) is 0 Å². The van der Waals surface area contributed by atoms with E-state index in [4.69, 9.17) is 0 Å². The molecule has 4 rings (SSSR count). The molecule has 0 amide bonds. The minimum atomic E-state index is -0.254. The number of hydrogen-bond acceptors (Lipinski definition) is 1. The monoisotopic (exact) mass is 363 g/mol. The number of benzene rings is 3. The number of hydrogen-bond donors (Lipinski definition) is 0. The fourth-order valence-corrected chi connectivity index (χ4v) is 3.75. The average Bonchev–Trinajstić information content (AvgIpc) is 2.95. The molecule has 1 aliphatic carbocycles. The second-order valence-electron chi connectivity index (χ2n) is 7.33. The first kappa shape index (κ1) is 18.1. The lowest BCUT2D eigenvalue weighted by molar-refractivity contribution is 0.701. The van der Waals surface area contributed by atoms with E-state index in [1.165, 1.54) is 22.5 Å². The first-order chi connectivity index (χ1) is 13.7. The van der Waals surface area contributed by atoms with Gasteiger partial charge >= 0.3 is 0 Å². The van der Waals surface area contributed by atoms with Crippen LogP contribution in [0.25, 0.3) is 0 Å². The average molecular weight is 364 g/mol. The zero-order valence-corrected chi connectivity index (χ0v) is 16.2. The fourth-order valence-electron chi connectivity index (χ4n) is 3.75. The Kier molecular flexibility index (Phi) is 5.25. The van der Waals surface area contributed by atoms with E-state index in [9.17, 15) is 0 Å². The molecule has 3 aromatic carbocycles. The van der Waals surface area contributed by atoms with Crippen molar-refractivity contribution in [1.82, 2.24) is 0 Å². The Morgan fingerprint density at radius 1 is 0.607 bits per heavy atom. The van der Waals surface area contributed by atoms with E-state index in [0.717, 1.165) is 6.42 Å². The summed E-state index contributed by atoms with van der Waals surface area (Å²) in [5.74, 6) is 0. The molecule has 1 nitrogen and oxygen atoms in total. The molecular formula is C27H25N. The van der Waals surface area contributed by atoms with Crippen LogP contribution in [-0.2, 0) is 6.42 Å². The summed E-state index contributed by atoms with van der Waals surface area (Å²) in [5, 5.41) is 0. The minimum Gasteiger partial charge on any atom is -0.329 e. The van der Waals surface area contributed by atoms with Gasteiger partial charge in [-0.1, -0.05) is 97.1 Å². The highest BCUT2D eigenvalue weighted by Crippen LogP contribution is 2.36. The lowest BCUT2D eigenvalue weighted by Crippen LogP contribution is -2.40. The van der Waals surface area contributed by atoms with E-state index in [1.807, 2.05) is 0 Å². The molecule has 0 saturated heterocycles. The van der Waals surface area contributed by atoms with Gasteiger partial charge in [0, 0.05) is 11.4 Å². The number of nitrogens with zero attached hydrogens (tertiary/aromatic N) is 1. The largest absolute Gasteiger partial charge is 0.329 e. The van der Waals surface area contributed by atoms with Gasteiger partial charge in [0.05, 0.1) is 5.54 Å². The zero-order valence-electron chi connectivity index (χ0n) is 16.2. The molecule has 0 saturated carbocycles. The Bertz CT molecular complexity index is 981. The molecular weight excluding hydrogens is 338 g/mol. The smallest absolute Gasteiger partial charge is 0.0794 e. The van der Waals surface area contributed by atoms with Crippen molar-refractivity contribution >= 4 is 11.4 Å². The third-order valence-corrected chi connectivity index (χ3v) is 5.12. The molecule has 0 bridgehead atoms. The molecule has 0 N–H and O–H groups in total. The van der Waals surface area contributed by atoms with Crippen molar-refractivity contribution in [3.05, 3.63) is 133 Å². The Morgan fingerprint density at radius 2 is 1.18 bits per heavy atom. The van der Waals surface area contributed by atoms with Crippen molar-refractivity contribution in [2.45, 2.75) is 18.9 Å². The summed E-state index contributed by atoms with van der Waals surface area (Å²) in [6.45, 7) is 2.25. The summed E-state index contributed by atoms with van der Waals surface area (Å²) in [5.41, 5.74) is 4.76. The maximum Gasteiger partial charge on any atom is 0.0794 e. The van der Waals surface area contributed by atoms with Gasteiger partial charge in [-0.2, -0.15) is 0 Å². The third kappa shape index (κ3) is 3.99. The second-order valence-corrected chi connectivity index (χ2v) is 7.33. The summed E-state index contributed by atoms with van der Waals surface area (Å²) >= 11 is 0. The Morgan fingerprint density at radius 3 is 1.86 bits per heavy atom. The van der Waals surface area contributed by atoms with Crippen LogP contribution in [0.1, 0.15) is 18.1 Å². The molecule has 1 heteroatoms. The Balaban J connectivity index is 1.76. The lowest BCUT2D eigenvalue weighted by atomic mass is 9.95. The first-order valence-electron chi connectivity index (χ1n) is 9.76. The normalized spacial score (nSPS) is 14.6. The van der Waals surface area contributed by atoms with Crippen LogP contribution in [0.2, 0.25) is 0 Å². The van der Waals surface area contributed by atoms with Gasteiger partial charge in [0.25, 0.3) is 0 Å². The predicted octanol–water partition coefficient (Wildman–Crippen LogP) is 6.86. The maximum absolute atomic E-state index is 2.40. The molecule has 0 heterocycles. The van der Waals surface area contributed by atoms with Crippen LogP contribution in [0.4, 0.5) is 11.4 Å². The summed E-state index contributed by atoms with van der Waals surface area (Å²) in [4.78, 5) is 2.40. The third-order valence-electron chi connectivity index (χ3n) is 5.12. The van der Waals surface area contributed by atoms with E-state index in [2.05, 4.69) is 133 Å². The van der Waals surface area contributed by atoms with Crippen LogP contribution in [0.5, 0.6) is 0 Å². The summed E-state index contributed by atoms with van der Waals surface area (Å²) in [6, 6.07) is 30.1. The SMILES string of the molecule is CC1(N(c2ccccc2)c2cccc(Cc3ccccc3)c2)C=CC=CC=C1. The minimum absolute atomic E-state index is 0.254. The molecule has 138 valence electrons. The van der Waals surface area contributed by atoms with Crippen LogP contribution in [0.3, 0.4) is 0 Å². The fraction of sp³-hybridized carbons (Fsp3) is 0.111. The van der Waals surface area contributed by atoms with E-state index < -0.39 is 0 Å². The van der Waals surface area contributed by atoms with Gasteiger partial charge in [-0.05, 0) is 48.7 Å². The van der Waals surface area contributed by atoms with Gasteiger partial charge in [0.1, 0.15) is 0 Å². The number of anilines is 2. The molecule has 3 aromatic rings. The van der Waals surface area contributed by atoms with E-state index in [1.54, 1.807) is 0 Å². The lowest BCUT2D eigenvalue weighted by Gasteiger charge is -2.39. The van der Waals surface area contributed by atoms with Crippen molar-refractivity contribution in [2.75, 3.05) is 4.90 Å². The summed E-state index contributed by atoms with van der Waals surface area (Å²) in [6.07, 6.45) is 13.9. The standard InChI is InChI=1S/C27H25N/c1-27(19-10-2-3-11-20-27)28(25-16-8-5-9-17-25)26-18-12-15-24(22-26)21-23-13-6-4-7-14-23/h2-20,22H,21H2,1H3. The molecule has 0 spiro atoms. The van der Waals surface area contributed by atoms with E-state index in [0.29, 0.717) is 0 Å². The predicted molar refractivity (Wildman–Crippen MR) is 120 cm³/mol. The maximum atomic E-state index is 2.40. The molecule has 0 fully saturated rings. The highest BCUT2D eigenvalue weighted by atomic mass is 15.2. The van der Waals surface area contributed by atoms with Crippen LogP contribution < -0.4 is 4.90 Å². The molecule has 0 unspecified atom stereocenters. The molecule has 28 heavy (non-hydrogen) atoms. The second kappa shape index (κ2) is 8.14. The van der Waals surface area contributed by atoms with Crippen LogP contribution in [-0.4, -0.2) is 5.54 Å². The molecule has 0 aliphatic heterocycles. The highest BCUT2D eigenvalue weighted by molar-refractivity contribution is 5.69. The van der Waals surface area contributed by atoms with Crippen LogP contribution >= 0.6 is 0 Å². The van der Waals surface area contributed by atoms with Crippen molar-refractivity contribution in [1.29, 1.82) is 0 Å². The van der Waals surface area contributed by atoms with Gasteiger partial charge < -0.3 is 4.90 Å². The van der Waals surface area contributed by atoms with Crippen molar-refractivity contribution < 1.29 is 0 Å². The first-order valence-corrected chi connectivity index (χ1v) is 9.76. The molecule has 0 aromatic heterocycles. The van der Waals surface area contributed by atoms with Crippen molar-refractivity contribution in [3.8, 4) is 0 Å². The van der Waals surface area contributed by atoms with E-state index >= 15 is 0 Å². The van der Waals surface area contributed by atoms with Crippen LogP contribution in [0.15, 0.2) is 121 Å². The molecule has 0 atom stereocenters. The number of rotatable bonds is 5. The topological polar surface area (TPSA) is 3.24 Å². The van der Waals surface area contributed by atoms with Crippen LogP contribution in [0, 0.1) is 0 Å². The summed E-state index contributed by atoms with van der Waals surface area (Å²) < 4.78 is 0. The molecule has 0 radical (unpaired) electrons. The van der Waals surface area contributed by atoms with Gasteiger partial charge in [0.15, 0.2) is 0 Å². The number of allylic oxidation sites excluding steroid dienone is 4. The quantitative estimate of drug-likeness (QED) is 0.479. The van der Waals surface area contributed by atoms with Crippen molar-refractivity contribution in [3.63, 3.8) is 0 Å². The van der Waals surface area contributed by atoms with Gasteiger partial charge in [0.2, 0.25) is 0 Å². The summed E-state index contributed by atoms with van der Waals surface area (Å²) in [7, 11) is 0. The van der Waals surface area contributed by atoms with Crippen molar-refractivity contribution in [2.24, 2.45) is 0 Å². The Hall–Kier alpha value is -3.32. The Labute approximate surface area is 168 Å². The highest BCUT2D eigenvalue weighted by Gasteiger charge is 2.28. The zero-order chi connectivity index (χ0) is 19.2. The van der Waals surface area contributed by atoms with Gasteiger partial charge in [-0.15, -0.1) is 0 Å². The number of para-hydroxylation sites is 1.